The Bertz CT molecular complexity index is 453. The van der Waals surface area contributed by atoms with Crippen LogP contribution >= 0.6 is 0 Å². The van der Waals surface area contributed by atoms with Gasteiger partial charge in [-0.05, 0) is 57.7 Å². The first-order valence-corrected chi connectivity index (χ1v) is 6.97. The summed E-state index contributed by atoms with van der Waals surface area (Å²) in [6.07, 6.45) is 2.37. The number of benzene rings is 1. The van der Waals surface area contributed by atoms with E-state index in [2.05, 4.69) is 29.4 Å². The molecule has 104 valence electrons. The summed E-state index contributed by atoms with van der Waals surface area (Å²) in [7, 11) is 4.23. The zero-order valence-electron chi connectivity index (χ0n) is 11.7. The van der Waals surface area contributed by atoms with Gasteiger partial charge in [0.2, 0.25) is 6.79 Å². The number of nitrogens with zero attached hydrogens (tertiary/aromatic N) is 1. The number of nitrogens with one attached hydrogen (secondary N) is 1. The van der Waals surface area contributed by atoms with Crippen molar-refractivity contribution in [2.75, 3.05) is 40.5 Å². The van der Waals surface area contributed by atoms with E-state index in [1.165, 1.54) is 18.4 Å². The third kappa shape index (κ3) is 2.30. The van der Waals surface area contributed by atoms with Crippen molar-refractivity contribution in [3.8, 4) is 11.5 Å². The average molecular weight is 262 g/mol. The molecule has 1 N–H and O–H groups in total. The zero-order valence-corrected chi connectivity index (χ0v) is 11.7. The first-order chi connectivity index (χ1) is 9.23. The Labute approximate surface area is 114 Å². The highest BCUT2D eigenvalue weighted by molar-refractivity contribution is 5.47. The van der Waals surface area contributed by atoms with Gasteiger partial charge in [-0.2, -0.15) is 0 Å². The van der Waals surface area contributed by atoms with Crippen molar-refractivity contribution in [1.82, 2.24) is 10.2 Å². The van der Waals surface area contributed by atoms with Crippen molar-refractivity contribution in [1.29, 1.82) is 0 Å². The van der Waals surface area contributed by atoms with E-state index in [1.54, 1.807) is 0 Å². The van der Waals surface area contributed by atoms with Gasteiger partial charge in [0, 0.05) is 12.0 Å². The van der Waals surface area contributed by atoms with Crippen LogP contribution in [0.2, 0.25) is 0 Å². The van der Waals surface area contributed by atoms with Gasteiger partial charge >= 0.3 is 0 Å². The number of hydrogen-bond donors (Lipinski definition) is 1. The van der Waals surface area contributed by atoms with E-state index in [1.807, 2.05) is 13.1 Å². The second-order valence-corrected chi connectivity index (χ2v) is 5.68. The fourth-order valence-electron chi connectivity index (χ4n) is 3.18. The molecule has 4 heteroatoms. The third-order valence-corrected chi connectivity index (χ3v) is 4.44. The number of ether oxygens (including phenoxy) is 2. The molecule has 4 nitrogen and oxygen atoms in total. The number of rotatable bonds is 3. The highest BCUT2D eigenvalue weighted by atomic mass is 16.7. The summed E-state index contributed by atoms with van der Waals surface area (Å²) in [6.45, 7) is 3.66. The van der Waals surface area contributed by atoms with Gasteiger partial charge in [0.25, 0.3) is 0 Å². The Balaban J connectivity index is 1.91. The molecule has 0 aromatic heterocycles. The van der Waals surface area contributed by atoms with E-state index in [4.69, 9.17) is 9.47 Å². The van der Waals surface area contributed by atoms with Crippen molar-refractivity contribution in [3.63, 3.8) is 0 Å². The van der Waals surface area contributed by atoms with Crippen LogP contribution in [0.1, 0.15) is 18.4 Å². The van der Waals surface area contributed by atoms with Crippen molar-refractivity contribution >= 4 is 0 Å². The smallest absolute Gasteiger partial charge is 0.231 e. The Morgan fingerprint density at radius 3 is 2.68 bits per heavy atom. The largest absolute Gasteiger partial charge is 0.454 e. The fourth-order valence-corrected chi connectivity index (χ4v) is 3.18. The summed E-state index contributed by atoms with van der Waals surface area (Å²) < 4.78 is 10.9. The van der Waals surface area contributed by atoms with Crippen LogP contribution < -0.4 is 14.8 Å². The zero-order chi connectivity index (χ0) is 13.3. The standard InChI is InChI=1S/C15H22N2O2/c1-16-10-15(5-7-17(2)8-6-15)12-3-4-13-14(9-12)19-11-18-13/h3-4,9,16H,5-8,10-11H2,1-2H3. The molecular weight excluding hydrogens is 240 g/mol. The van der Waals surface area contributed by atoms with E-state index >= 15 is 0 Å². The normalized spacial score (nSPS) is 21.6. The number of hydrogen-bond acceptors (Lipinski definition) is 4. The van der Waals surface area contributed by atoms with Gasteiger partial charge in [-0.25, -0.2) is 0 Å². The summed E-state index contributed by atoms with van der Waals surface area (Å²) in [5, 5.41) is 3.37. The first-order valence-electron chi connectivity index (χ1n) is 6.97. The summed E-state index contributed by atoms with van der Waals surface area (Å²) >= 11 is 0. The molecule has 0 bridgehead atoms. The van der Waals surface area contributed by atoms with Crippen molar-refractivity contribution in [2.24, 2.45) is 0 Å². The highest BCUT2D eigenvalue weighted by Crippen LogP contribution is 2.40. The molecule has 0 unspecified atom stereocenters. The second-order valence-electron chi connectivity index (χ2n) is 5.68. The summed E-state index contributed by atoms with van der Waals surface area (Å²) in [5.41, 5.74) is 1.60. The Hall–Kier alpha value is -1.26. The molecule has 3 rings (SSSR count). The van der Waals surface area contributed by atoms with E-state index in [9.17, 15) is 0 Å². The van der Waals surface area contributed by atoms with Crippen molar-refractivity contribution < 1.29 is 9.47 Å². The Kier molecular flexibility index (Phi) is 3.37. The molecule has 1 aromatic rings. The molecule has 0 radical (unpaired) electrons. The lowest BCUT2D eigenvalue weighted by Gasteiger charge is -2.41. The van der Waals surface area contributed by atoms with Crippen LogP contribution in [-0.4, -0.2) is 45.4 Å². The maximum Gasteiger partial charge on any atom is 0.231 e. The topological polar surface area (TPSA) is 33.7 Å². The van der Waals surface area contributed by atoms with E-state index in [0.717, 1.165) is 31.1 Å². The molecule has 0 saturated carbocycles. The SMILES string of the molecule is CNCC1(c2ccc3c(c2)OCO3)CCN(C)CC1. The Morgan fingerprint density at radius 2 is 1.95 bits per heavy atom. The number of likely N-dealkylation sites (tertiary alicyclic amines) is 1. The van der Waals surface area contributed by atoms with Crippen LogP contribution in [0.5, 0.6) is 11.5 Å². The average Bonchev–Trinajstić information content (AvgIpc) is 2.89. The van der Waals surface area contributed by atoms with Gasteiger partial charge < -0.3 is 19.7 Å². The van der Waals surface area contributed by atoms with Crippen molar-refractivity contribution in [3.05, 3.63) is 23.8 Å². The first kappa shape index (κ1) is 12.8. The number of fused-ring (bicyclic) bond motifs is 1. The van der Waals surface area contributed by atoms with E-state index in [-0.39, 0.29) is 5.41 Å². The molecule has 2 aliphatic heterocycles. The molecular formula is C15H22N2O2. The molecule has 1 fully saturated rings. The van der Waals surface area contributed by atoms with Crippen LogP contribution in [0.15, 0.2) is 18.2 Å². The van der Waals surface area contributed by atoms with Crippen LogP contribution in [0.25, 0.3) is 0 Å². The molecule has 0 aliphatic carbocycles. The van der Waals surface area contributed by atoms with Gasteiger partial charge in [0.15, 0.2) is 11.5 Å². The van der Waals surface area contributed by atoms with Crippen LogP contribution in [0, 0.1) is 0 Å². The molecule has 2 heterocycles. The summed E-state index contributed by atoms with van der Waals surface area (Å²) in [6, 6.07) is 6.43. The predicted molar refractivity (Wildman–Crippen MR) is 74.9 cm³/mol. The minimum atomic E-state index is 0.224. The van der Waals surface area contributed by atoms with Gasteiger partial charge in [-0.15, -0.1) is 0 Å². The lowest BCUT2D eigenvalue weighted by atomic mass is 9.72. The predicted octanol–water partition coefficient (Wildman–Crippen LogP) is 1.60. The lowest BCUT2D eigenvalue weighted by Crippen LogP contribution is -2.46. The van der Waals surface area contributed by atoms with Gasteiger partial charge in [0.1, 0.15) is 0 Å². The van der Waals surface area contributed by atoms with Gasteiger partial charge in [-0.3, -0.25) is 0 Å². The second kappa shape index (κ2) is 5.02. The van der Waals surface area contributed by atoms with Crippen LogP contribution in [0.4, 0.5) is 0 Å². The molecule has 0 spiro atoms. The quantitative estimate of drug-likeness (QED) is 0.897. The Morgan fingerprint density at radius 1 is 1.21 bits per heavy atom. The molecule has 19 heavy (non-hydrogen) atoms. The number of piperidine rings is 1. The monoisotopic (exact) mass is 262 g/mol. The van der Waals surface area contributed by atoms with E-state index < -0.39 is 0 Å². The van der Waals surface area contributed by atoms with Gasteiger partial charge in [0.05, 0.1) is 0 Å². The van der Waals surface area contributed by atoms with E-state index in [0.29, 0.717) is 6.79 Å². The maximum absolute atomic E-state index is 5.52. The van der Waals surface area contributed by atoms with Crippen molar-refractivity contribution in [2.45, 2.75) is 18.3 Å². The minimum Gasteiger partial charge on any atom is -0.454 e. The molecule has 1 saturated heterocycles. The maximum atomic E-state index is 5.52. The molecule has 0 atom stereocenters. The molecule has 2 aliphatic rings. The van der Waals surface area contributed by atoms with Crippen LogP contribution in [0.3, 0.4) is 0 Å². The minimum absolute atomic E-state index is 0.224. The molecule has 0 amide bonds. The summed E-state index contributed by atoms with van der Waals surface area (Å²) in [4.78, 5) is 2.40. The number of likely N-dealkylation sites (N-methyl/N-ethyl adjacent to an activating group) is 1. The van der Waals surface area contributed by atoms with Crippen LogP contribution in [-0.2, 0) is 5.41 Å². The summed E-state index contributed by atoms with van der Waals surface area (Å²) in [5.74, 6) is 1.77. The third-order valence-electron chi connectivity index (χ3n) is 4.44. The lowest BCUT2D eigenvalue weighted by molar-refractivity contribution is 0.173. The fraction of sp³-hybridized carbons (Fsp3) is 0.600. The molecule has 1 aromatic carbocycles. The van der Waals surface area contributed by atoms with Gasteiger partial charge in [-0.1, -0.05) is 6.07 Å². The highest BCUT2D eigenvalue weighted by Gasteiger charge is 2.35.